The monoisotopic (exact) mass is 396 g/mol. The molecular weight excluding hydrogens is 364 g/mol. The number of benzene rings is 1. The summed E-state index contributed by atoms with van der Waals surface area (Å²) in [4.78, 5) is 15.2. The third-order valence-corrected chi connectivity index (χ3v) is 7.03. The topological polar surface area (TPSA) is 77.9 Å². The number of hydrogen-bond acceptors (Lipinski definition) is 5. The fourth-order valence-corrected chi connectivity index (χ4v) is 4.74. The van der Waals surface area contributed by atoms with Crippen LogP contribution in [0.1, 0.15) is 39.2 Å². The average Bonchev–Trinajstić information content (AvgIpc) is 2.59. The molecule has 0 saturated carbocycles. The second-order valence-corrected chi connectivity index (χ2v) is 10.6. The molecule has 1 aliphatic rings. The molecule has 1 N–H and O–H groups in total. The van der Waals surface area contributed by atoms with Crippen LogP contribution in [0, 0.1) is 0 Å². The van der Waals surface area contributed by atoms with E-state index < -0.39 is 15.8 Å². The van der Waals surface area contributed by atoms with Gasteiger partial charge in [-0.2, -0.15) is 0 Å². The standard InChI is InChI=1S/C20H32N2O4S/c1-20(2,3)16-5-7-18(8-6-16)27(25,26)14-13-22-11-9-17(10-12-22)21(4)15-19(23)24/h5-8,17H,9-15H2,1-4H3,(H,23,24). The molecule has 1 fully saturated rings. The predicted molar refractivity (Wildman–Crippen MR) is 107 cm³/mol. The molecule has 2 rings (SSSR count). The van der Waals surface area contributed by atoms with Crippen molar-refractivity contribution < 1.29 is 18.3 Å². The number of aliphatic carboxylic acids is 1. The first-order valence-electron chi connectivity index (χ1n) is 9.47. The zero-order chi connectivity index (χ0) is 20.2. The molecule has 1 saturated heterocycles. The van der Waals surface area contributed by atoms with Gasteiger partial charge in [-0.3, -0.25) is 9.69 Å². The fourth-order valence-electron chi connectivity index (χ4n) is 3.46. The number of carboxylic acids is 1. The van der Waals surface area contributed by atoms with Crippen LogP contribution in [0.15, 0.2) is 29.2 Å². The van der Waals surface area contributed by atoms with Gasteiger partial charge in [-0.1, -0.05) is 32.9 Å². The van der Waals surface area contributed by atoms with Crippen LogP contribution in [0.2, 0.25) is 0 Å². The summed E-state index contributed by atoms with van der Waals surface area (Å²) in [6, 6.07) is 7.47. The van der Waals surface area contributed by atoms with Gasteiger partial charge in [0.2, 0.25) is 0 Å². The van der Waals surface area contributed by atoms with Gasteiger partial charge in [0.05, 0.1) is 17.2 Å². The number of likely N-dealkylation sites (tertiary alicyclic amines) is 1. The molecule has 0 radical (unpaired) electrons. The number of carboxylic acid groups (broad SMARTS) is 1. The SMILES string of the molecule is CN(CC(=O)O)C1CCN(CCS(=O)(=O)c2ccc(C(C)(C)C)cc2)CC1. The molecule has 0 aromatic heterocycles. The van der Waals surface area contributed by atoms with Crippen LogP contribution in [0.25, 0.3) is 0 Å². The van der Waals surface area contributed by atoms with Gasteiger partial charge in [0.15, 0.2) is 9.84 Å². The second-order valence-electron chi connectivity index (χ2n) is 8.47. The van der Waals surface area contributed by atoms with Crippen molar-refractivity contribution in [2.45, 2.75) is 50.0 Å². The zero-order valence-corrected chi connectivity index (χ0v) is 17.6. The van der Waals surface area contributed by atoms with E-state index in [4.69, 9.17) is 5.11 Å². The lowest BCUT2D eigenvalue weighted by Crippen LogP contribution is -2.45. The quantitative estimate of drug-likeness (QED) is 0.762. The summed E-state index contributed by atoms with van der Waals surface area (Å²) >= 11 is 0. The van der Waals surface area contributed by atoms with E-state index >= 15 is 0 Å². The van der Waals surface area contributed by atoms with E-state index in [1.54, 1.807) is 12.1 Å². The van der Waals surface area contributed by atoms with Gasteiger partial charge < -0.3 is 10.0 Å². The highest BCUT2D eigenvalue weighted by Crippen LogP contribution is 2.24. The van der Waals surface area contributed by atoms with Gasteiger partial charge in [0, 0.05) is 12.6 Å². The first kappa shape index (κ1) is 21.9. The normalized spacial score (nSPS) is 17.4. The Kier molecular flexibility index (Phi) is 7.05. The smallest absolute Gasteiger partial charge is 0.317 e. The Bertz CT molecular complexity index is 730. The average molecular weight is 397 g/mol. The number of rotatable bonds is 7. The van der Waals surface area contributed by atoms with Gasteiger partial charge >= 0.3 is 5.97 Å². The molecule has 0 bridgehead atoms. The Labute approximate surface area is 163 Å². The Balaban J connectivity index is 1.87. The third kappa shape index (κ3) is 6.30. The van der Waals surface area contributed by atoms with Crippen LogP contribution in [0.4, 0.5) is 0 Å². The van der Waals surface area contributed by atoms with E-state index in [9.17, 15) is 13.2 Å². The van der Waals surface area contributed by atoms with Gasteiger partial charge in [0.25, 0.3) is 0 Å². The molecule has 0 spiro atoms. The zero-order valence-electron chi connectivity index (χ0n) is 16.8. The van der Waals surface area contributed by atoms with Crippen molar-refractivity contribution in [2.24, 2.45) is 0 Å². The highest BCUT2D eigenvalue weighted by atomic mass is 32.2. The Morgan fingerprint density at radius 2 is 1.74 bits per heavy atom. The minimum Gasteiger partial charge on any atom is -0.480 e. The summed E-state index contributed by atoms with van der Waals surface area (Å²) in [5.41, 5.74) is 1.12. The van der Waals surface area contributed by atoms with E-state index in [2.05, 4.69) is 25.7 Å². The summed E-state index contributed by atoms with van der Waals surface area (Å²) in [7, 11) is -1.46. The molecule has 6 nitrogen and oxygen atoms in total. The molecule has 1 aromatic carbocycles. The maximum atomic E-state index is 12.6. The molecule has 0 atom stereocenters. The minimum absolute atomic E-state index is 0.000430. The van der Waals surface area contributed by atoms with Crippen molar-refractivity contribution in [2.75, 3.05) is 39.0 Å². The van der Waals surface area contributed by atoms with Crippen LogP contribution in [0.3, 0.4) is 0 Å². The van der Waals surface area contributed by atoms with Crippen molar-refractivity contribution in [3.05, 3.63) is 29.8 Å². The van der Waals surface area contributed by atoms with Crippen molar-refractivity contribution in [1.29, 1.82) is 0 Å². The molecule has 152 valence electrons. The highest BCUT2D eigenvalue weighted by Gasteiger charge is 2.25. The molecule has 1 heterocycles. The summed E-state index contributed by atoms with van der Waals surface area (Å²) in [6.45, 7) is 8.47. The van der Waals surface area contributed by atoms with Gasteiger partial charge in [0.1, 0.15) is 0 Å². The summed E-state index contributed by atoms with van der Waals surface area (Å²) in [6.07, 6.45) is 1.73. The Hall–Kier alpha value is -1.44. The van der Waals surface area contributed by atoms with Gasteiger partial charge in [-0.15, -0.1) is 0 Å². The van der Waals surface area contributed by atoms with E-state index in [0.717, 1.165) is 31.5 Å². The van der Waals surface area contributed by atoms with Crippen LogP contribution >= 0.6 is 0 Å². The molecule has 7 heteroatoms. The van der Waals surface area contributed by atoms with Crippen LogP contribution < -0.4 is 0 Å². The van der Waals surface area contributed by atoms with Crippen molar-refractivity contribution >= 4 is 15.8 Å². The highest BCUT2D eigenvalue weighted by molar-refractivity contribution is 7.91. The van der Waals surface area contributed by atoms with E-state index in [0.29, 0.717) is 11.4 Å². The fraction of sp³-hybridized carbons (Fsp3) is 0.650. The predicted octanol–water partition coefficient (Wildman–Crippen LogP) is 2.24. The summed E-state index contributed by atoms with van der Waals surface area (Å²) < 4.78 is 25.3. The Morgan fingerprint density at radius 3 is 2.22 bits per heavy atom. The first-order valence-corrected chi connectivity index (χ1v) is 11.1. The number of likely N-dealkylation sites (N-methyl/N-ethyl adjacent to an activating group) is 1. The van der Waals surface area contributed by atoms with Crippen molar-refractivity contribution in [3.63, 3.8) is 0 Å². The number of sulfone groups is 1. The van der Waals surface area contributed by atoms with Gasteiger partial charge in [-0.05, 0) is 56.1 Å². The molecule has 0 aliphatic carbocycles. The number of carbonyl (C=O) groups is 1. The largest absolute Gasteiger partial charge is 0.480 e. The third-order valence-electron chi connectivity index (χ3n) is 5.32. The molecular formula is C20H32N2O4S. The first-order chi connectivity index (χ1) is 12.5. The molecule has 0 unspecified atom stereocenters. The molecule has 27 heavy (non-hydrogen) atoms. The van der Waals surface area contributed by atoms with Crippen LogP contribution in [-0.2, 0) is 20.0 Å². The van der Waals surface area contributed by atoms with Crippen molar-refractivity contribution in [3.8, 4) is 0 Å². The Morgan fingerprint density at radius 1 is 1.19 bits per heavy atom. The van der Waals surface area contributed by atoms with Crippen molar-refractivity contribution in [1.82, 2.24) is 9.80 Å². The lowest BCUT2D eigenvalue weighted by molar-refractivity contribution is -0.138. The lowest BCUT2D eigenvalue weighted by Gasteiger charge is -2.36. The van der Waals surface area contributed by atoms with Gasteiger partial charge in [-0.25, -0.2) is 8.42 Å². The lowest BCUT2D eigenvalue weighted by atomic mass is 9.87. The van der Waals surface area contributed by atoms with Crippen LogP contribution in [-0.4, -0.2) is 74.3 Å². The summed E-state index contributed by atoms with van der Waals surface area (Å²) in [5.74, 6) is -0.708. The van der Waals surface area contributed by atoms with E-state index in [1.165, 1.54) is 0 Å². The number of piperidine rings is 1. The minimum atomic E-state index is -3.30. The molecule has 1 aliphatic heterocycles. The van der Waals surface area contributed by atoms with Crippen LogP contribution in [0.5, 0.6) is 0 Å². The maximum absolute atomic E-state index is 12.6. The summed E-state index contributed by atoms with van der Waals surface area (Å²) in [5, 5.41) is 8.89. The second kappa shape index (κ2) is 8.71. The number of nitrogens with zero attached hydrogens (tertiary/aromatic N) is 2. The van der Waals surface area contributed by atoms with E-state index in [1.807, 2.05) is 24.1 Å². The van der Waals surface area contributed by atoms with E-state index in [-0.39, 0.29) is 23.8 Å². The number of hydrogen-bond donors (Lipinski definition) is 1. The maximum Gasteiger partial charge on any atom is 0.317 e. The molecule has 1 aromatic rings. The molecule has 0 amide bonds.